The van der Waals surface area contributed by atoms with Crippen LogP contribution in [0.1, 0.15) is 12.5 Å². The zero-order valence-corrected chi connectivity index (χ0v) is 7.57. The third-order valence-corrected chi connectivity index (χ3v) is 1.67. The Kier molecular flexibility index (Phi) is 2.69. The molecule has 5 heteroatoms. The molecule has 0 saturated carbocycles. The highest BCUT2D eigenvalue weighted by atomic mass is 15.2. The van der Waals surface area contributed by atoms with Crippen LogP contribution in [-0.2, 0) is 0 Å². The quantitative estimate of drug-likeness (QED) is 0.490. The van der Waals surface area contributed by atoms with Gasteiger partial charge in [0, 0.05) is 19.4 Å². The summed E-state index contributed by atoms with van der Waals surface area (Å²) in [7, 11) is 1.66. The van der Waals surface area contributed by atoms with Gasteiger partial charge in [0.25, 0.3) is 0 Å². The highest BCUT2D eigenvalue weighted by Gasteiger charge is 2.08. The fraction of sp³-hybridized carbons (Fsp3) is 0.250. The second kappa shape index (κ2) is 3.75. The van der Waals surface area contributed by atoms with Gasteiger partial charge in [-0.15, -0.1) is 0 Å². The van der Waals surface area contributed by atoms with Gasteiger partial charge in [0.05, 0.1) is 11.4 Å². The first-order chi connectivity index (χ1) is 6.13. The van der Waals surface area contributed by atoms with Crippen molar-refractivity contribution in [1.29, 1.82) is 10.8 Å². The van der Waals surface area contributed by atoms with E-state index in [1.54, 1.807) is 26.4 Å². The van der Waals surface area contributed by atoms with E-state index in [0.29, 0.717) is 11.4 Å². The third kappa shape index (κ3) is 2.08. The molecule has 0 aliphatic carbocycles. The fourth-order valence-electron chi connectivity index (χ4n) is 0.783. The van der Waals surface area contributed by atoms with Crippen LogP contribution < -0.4 is 0 Å². The molecule has 5 nitrogen and oxygen atoms in total. The SMILES string of the molecule is CC(=N)N(C)C(=N)c1cncnc1. The second-order valence-electron chi connectivity index (χ2n) is 2.62. The lowest BCUT2D eigenvalue weighted by Crippen LogP contribution is -2.30. The first kappa shape index (κ1) is 9.31. The molecule has 68 valence electrons. The van der Waals surface area contributed by atoms with Gasteiger partial charge < -0.3 is 4.90 Å². The molecule has 0 bridgehead atoms. The molecule has 0 saturated heterocycles. The maximum Gasteiger partial charge on any atom is 0.136 e. The zero-order valence-electron chi connectivity index (χ0n) is 7.57. The number of hydrogen-bond acceptors (Lipinski definition) is 4. The minimum atomic E-state index is 0.230. The van der Waals surface area contributed by atoms with Crippen molar-refractivity contribution in [3.63, 3.8) is 0 Å². The minimum absolute atomic E-state index is 0.230. The van der Waals surface area contributed by atoms with E-state index in [9.17, 15) is 0 Å². The number of aromatic nitrogens is 2. The van der Waals surface area contributed by atoms with Crippen LogP contribution in [0.4, 0.5) is 0 Å². The van der Waals surface area contributed by atoms with Gasteiger partial charge in [-0.05, 0) is 6.92 Å². The summed E-state index contributed by atoms with van der Waals surface area (Å²) in [4.78, 5) is 9.05. The summed E-state index contributed by atoms with van der Waals surface area (Å²) < 4.78 is 0. The fourth-order valence-corrected chi connectivity index (χ4v) is 0.783. The summed E-state index contributed by atoms with van der Waals surface area (Å²) in [5.41, 5.74) is 0.608. The molecule has 0 atom stereocenters. The summed E-state index contributed by atoms with van der Waals surface area (Å²) in [5.74, 6) is 0.543. The Morgan fingerprint density at radius 2 is 1.85 bits per heavy atom. The molecule has 0 fully saturated rings. The van der Waals surface area contributed by atoms with Gasteiger partial charge in [0.2, 0.25) is 0 Å². The van der Waals surface area contributed by atoms with Crippen molar-refractivity contribution in [2.24, 2.45) is 0 Å². The molecule has 0 radical (unpaired) electrons. The Bertz CT molecular complexity index is 319. The summed E-state index contributed by atoms with van der Waals surface area (Å²) in [5, 5.41) is 15.0. The number of nitrogens with one attached hydrogen (secondary N) is 2. The summed E-state index contributed by atoms with van der Waals surface area (Å²) >= 11 is 0. The molecule has 0 aliphatic rings. The Balaban J connectivity index is 2.86. The maximum atomic E-state index is 7.67. The molecule has 1 aromatic heterocycles. The molecule has 0 unspecified atom stereocenters. The number of hydrogen-bond donors (Lipinski definition) is 2. The van der Waals surface area contributed by atoms with E-state index in [1.165, 1.54) is 11.2 Å². The van der Waals surface area contributed by atoms with Crippen LogP contribution in [0, 0.1) is 10.8 Å². The average Bonchev–Trinajstić information content (AvgIpc) is 2.17. The molecule has 1 heterocycles. The molecule has 1 rings (SSSR count). The zero-order chi connectivity index (χ0) is 9.84. The van der Waals surface area contributed by atoms with Crippen LogP contribution in [0.15, 0.2) is 18.7 Å². The number of amidine groups is 2. The van der Waals surface area contributed by atoms with Crippen molar-refractivity contribution < 1.29 is 0 Å². The normalized spacial score (nSPS) is 9.38. The Hall–Kier alpha value is -1.78. The molecule has 13 heavy (non-hydrogen) atoms. The summed E-state index contributed by atoms with van der Waals surface area (Å²) in [6.45, 7) is 1.62. The molecule has 1 aromatic rings. The van der Waals surface area contributed by atoms with Crippen molar-refractivity contribution in [3.05, 3.63) is 24.3 Å². The van der Waals surface area contributed by atoms with Crippen molar-refractivity contribution in [2.45, 2.75) is 6.92 Å². The van der Waals surface area contributed by atoms with Gasteiger partial charge in [0.15, 0.2) is 0 Å². The second-order valence-corrected chi connectivity index (χ2v) is 2.62. The first-order valence-electron chi connectivity index (χ1n) is 3.75. The van der Waals surface area contributed by atoms with E-state index in [0.717, 1.165) is 0 Å². The predicted molar refractivity (Wildman–Crippen MR) is 50.0 cm³/mol. The van der Waals surface area contributed by atoms with Crippen molar-refractivity contribution in [1.82, 2.24) is 14.9 Å². The van der Waals surface area contributed by atoms with E-state index >= 15 is 0 Å². The highest BCUT2D eigenvalue weighted by molar-refractivity contribution is 6.05. The molecular formula is C8H11N5. The average molecular weight is 177 g/mol. The van der Waals surface area contributed by atoms with Crippen molar-refractivity contribution >= 4 is 11.7 Å². The lowest BCUT2D eigenvalue weighted by molar-refractivity contribution is 0.733. The molecule has 0 amide bonds. The van der Waals surface area contributed by atoms with Gasteiger partial charge in [-0.1, -0.05) is 0 Å². The van der Waals surface area contributed by atoms with E-state index in [2.05, 4.69) is 9.97 Å². The molecule has 2 N–H and O–H groups in total. The third-order valence-electron chi connectivity index (χ3n) is 1.67. The summed E-state index contributed by atoms with van der Waals surface area (Å²) in [6, 6.07) is 0. The van der Waals surface area contributed by atoms with Crippen LogP contribution in [0.5, 0.6) is 0 Å². The van der Waals surface area contributed by atoms with Crippen LogP contribution in [-0.4, -0.2) is 33.6 Å². The monoisotopic (exact) mass is 177 g/mol. The first-order valence-corrected chi connectivity index (χ1v) is 3.75. The largest absolute Gasteiger partial charge is 0.318 e. The number of rotatable bonds is 1. The lowest BCUT2D eigenvalue weighted by Gasteiger charge is -2.17. The minimum Gasteiger partial charge on any atom is -0.318 e. The van der Waals surface area contributed by atoms with Gasteiger partial charge in [0.1, 0.15) is 12.2 Å². The Morgan fingerprint density at radius 3 is 2.31 bits per heavy atom. The van der Waals surface area contributed by atoms with E-state index < -0.39 is 0 Å². The molecule has 0 spiro atoms. The lowest BCUT2D eigenvalue weighted by atomic mass is 10.3. The molecule has 0 aromatic carbocycles. The molecule has 0 aliphatic heterocycles. The van der Waals surface area contributed by atoms with Gasteiger partial charge in [-0.2, -0.15) is 0 Å². The van der Waals surface area contributed by atoms with Gasteiger partial charge in [-0.25, -0.2) is 9.97 Å². The van der Waals surface area contributed by atoms with Crippen molar-refractivity contribution in [2.75, 3.05) is 7.05 Å². The molecular weight excluding hydrogens is 166 g/mol. The predicted octanol–water partition coefficient (Wildman–Crippen LogP) is 0.731. The van der Waals surface area contributed by atoms with Crippen LogP contribution in [0.3, 0.4) is 0 Å². The Labute approximate surface area is 76.5 Å². The number of nitrogens with zero attached hydrogens (tertiary/aromatic N) is 3. The van der Waals surface area contributed by atoms with E-state index in [-0.39, 0.29) is 5.84 Å². The van der Waals surface area contributed by atoms with E-state index in [4.69, 9.17) is 10.8 Å². The topological polar surface area (TPSA) is 76.7 Å². The van der Waals surface area contributed by atoms with Crippen LogP contribution >= 0.6 is 0 Å². The Morgan fingerprint density at radius 1 is 1.31 bits per heavy atom. The standard InChI is InChI=1S/C8H11N5/c1-6(9)13(2)8(10)7-3-11-5-12-4-7/h3-5,9-10H,1-2H3. The maximum absolute atomic E-state index is 7.67. The summed E-state index contributed by atoms with van der Waals surface area (Å²) in [6.07, 6.45) is 4.51. The highest BCUT2D eigenvalue weighted by Crippen LogP contribution is 1.99. The smallest absolute Gasteiger partial charge is 0.136 e. The van der Waals surface area contributed by atoms with Gasteiger partial charge in [-0.3, -0.25) is 10.8 Å². The van der Waals surface area contributed by atoms with Crippen LogP contribution in [0.25, 0.3) is 0 Å². The van der Waals surface area contributed by atoms with Crippen molar-refractivity contribution in [3.8, 4) is 0 Å². The van der Waals surface area contributed by atoms with Crippen LogP contribution in [0.2, 0.25) is 0 Å². The van der Waals surface area contributed by atoms with Gasteiger partial charge >= 0.3 is 0 Å². The van der Waals surface area contributed by atoms with E-state index in [1.807, 2.05) is 0 Å².